The molecular formula is C11H15F2N3O. The number of hydrogen-bond donors (Lipinski definition) is 0. The molecule has 4 nitrogen and oxygen atoms in total. The van der Waals surface area contributed by atoms with Gasteiger partial charge in [0.05, 0.1) is 6.54 Å². The Morgan fingerprint density at radius 1 is 1.59 bits per heavy atom. The summed E-state index contributed by atoms with van der Waals surface area (Å²) in [6.45, 7) is -0.707. The summed E-state index contributed by atoms with van der Waals surface area (Å²) in [7, 11) is 0. The summed E-state index contributed by atoms with van der Waals surface area (Å²) in [5, 5.41) is 0. The van der Waals surface area contributed by atoms with Gasteiger partial charge in [-0.25, -0.2) is 4.98 Å². The molecule has 1 aliphatic rings. The molecule has 2 heterocycles. The normalized spacial score (nSPS) is 21.9. The number of carbonyl (C=O) groups excluding carboxylic acids is 1. The fourth-order valence-electron chi connectivity index (χ4n) is 2.19. The molecular weight excluding hydrogens is 228 g/mol. The maximum absolute atomic E-state index is 12.6. The number of carbonyl (C=O) groups is 1. The molecule has 1 atom stereocenters. The molecule has 17 heavy (non-hydrogen) atoms. The molecule has 0 N–H and O–H groups in total. The summed E-state index contributed by atoms with van der Waals surface area (Å²) in [6.07, 6.45) is 5.43. The SMILES string of the molecule is O=CC1CCCN(Cc2nccn2C(F)F)C1. The maximum Gasteiger partial charge on any atom is 0.319 e. The second kappa shape index (κ2) is 5.35. The van der Waals surface area contributed by atoms with Crippen molar-refractivity contribution in [3.05, 3.63) is 18.2 Å². The van der Waals surface area contributed by atoms with Crippen molar-refractivity contribution in [3.63, 3.8) is 0 Å². The molecule has 0 aliphatic carbocycles. The number of aldehydes is 1. The van der Waals surface area contributed by atoms with Gasteiger partial charge in [-0.1, -0.05) is 0 Å². The molecule has 0 amide bonds. The van der Waals surface area contributed by atoms with Crippen molar-refractivity contribution in [3.8, 4) is 0 Å². The lowest BCUT2D eigenvalue weighted by Gasteiger charge is -2.29. The first kappa shape index (κ1) is 12.2. The van der Waals surface area contributed by atoms with E-state index >= 15 is 0 Å². The minimum Gasteiger partial charge on any atom is -0.303 e. The van der Waals surface area contributed by atoms with Crippen LogP contribution in [0.2, 0.25) is 0 Å². The van der Waals surface area contributed by atoms with Crippen molar-refractivity contribution in [2.24, 2.45) is 5.92 Å². The zero-order valence-electron chi connectivity index (χ0n) is 9.43. The number of piperidine rings is 1. The van der Waals surface area contributed by atoms with E-state index in [0.717, 1.165) is 30.2 Å². The Balaban J connectivity index is 2.00. The second-order valence-corrected chi connectivity index (χ2v) is 4.30. The summed E-state index contributed by atoms with van der Waals surface area (Å²) >= 11 is 0. The van der Waals surface area contributed by atoms with E-state index in [4.69, 9.17) is 0 Å². The van der Waals surface area contributed by atoms with Crippen LogP contribution in [-0.2, 0) is 11.3 Å². The Hall–Kier alpha value is -1.30. The average Bonchev–Trinajstić information content (AvgIpc) is 2.77. The quantitative estimate of drug-likeness (QED) is 0.755. The molecule has 0 aromatic carbocycles. The van der Waals surface area contributed by atoms with Gasteiger partial charge >= 0.3 is 6.55 Å². The minimum absolute atomic E-state index is 0.0266. The zero-order chi connectivity index (χ0) is 12.3. The van der Waals surface area contributed by atoms with E-state index in [1.807, 2.05) is 4.90 Å². The average molecular weight is 243 g/mol. The number of imidazole rings is 1. The molecule has 2 rings (SSSR count). The summed E-state index contributed by atoms with van der Waals surface area (Å²) in [6, 6.07) is 0. The van der Waals surface area contributed by atoms with E-state index in [2.05, 4.69) is 4.98 Å². The van der Waals surface area contributed by atoms with E-state index in [9.17, 15) is 13.6 Å². The lowest BCUT2D eigenvalue weighted by Crippen LogP contribution is -2.36. The van der Waals surface area contributed by atoms with Crippen molar-refractivity contribution in [1.29, 1.82) is 0 Å². The molecule has 1 saturated heterocycles. The van der Waals surface area contributed by atoms with Crippen molar-refractivity contribution >= 4 is 6.29 Å². The largest absolute Gasteiger partial charge is 0.319 e. The standard InChI is InChI=1S/C11H15F2N3O/c12-11(13)16-5-3-14-10(16)7-15-4-1-2-9(6-15)8-17/h3,5,8-9,11H,1-2,4,6-7H2. The third-order valence-corrected chi connectivity index (χ3v) is 3.06. The Morgan fingerprint density at radius 2 is 2.41 bits per heavy atom. The van der Waals surface area contributed by atoms with Gasteiger partial charge in [0.1, 0.15) is 12.1 Å². The lowest BCUT2D eigenvalue weighted by molar-refractivity contribution is -0.112. The molecule has 94 valence electrons. The number of halogens is 2. The van der Waals surface area contributed by atoms with Crippen molar-refractivity contribution in [1.82, 2.24) is 14.5 Å². The lowest BCUT2D eigenvalue weighted by atomic mass is 10.00. The highest BCUT2D eigenvalue weighted by Crippen LogP contribution is 2.18. The highest BCUT2D eigenvalue weighted by atomic mass is 19.3. The molecule has 1 unspecified atom stereocenters. The summed E-state index contributed by atoms with van der Waals surface area (Å²) in [5.74, 6) is 0.380. The van der Waals surface area contributed by atoms with Crippen molar-refractivity contribution in [2.45, 2.75) is 25.9 Å². The van der Waals surface area contributed by atoms with Gasteiger partial charge in [-0.3, -0.25) is 9.47 Å². The first-order valence-corrected chi connectivity index (χ1v) is 5.68. The second-order valence-electron chi connectivity index (χ2n) is 4.30. The minimum atomic E-state index is -2.56. The van der Waals surface area contributed by atoms with Crippen LogP contribution < -0.4 is 0 Å². The van der Waals surface area contributed by atoms with Crippen LogP contribution in [0.15, 0.2) is 12.4 Å². The van der Waals surface area contributed by atoms with Gasteiger partial charge in [0.25, 0.3) is 0 Å². The third kappa shape index (κ3) is 2.88. The molecule has 0 radical (unpaired) electrons. The number of aromatic nitrogens is 2. The van der Waals surface area contributed by atoms with Gasteiger partial charge in [-0.15, -0.1) is 0 Å². The van der Waals surface area contributed by atoms with Gasteiger partial charge in [-0.2, -0.15) is 8.78 Å². The van der Waals surface area contributed by atoms with Crippen LogP contribution in [0, 0.1) is 5.92 Å². The predicted molar refractivity (Wildman–Crippen MR) is 57.5 cm³/mol. The Labute approximate surface area is 98.2 Å². The van der Waals surface area contributed by atoms with Crippen LogP contribution in [-0.4, -0.2) is 33.8 Å². The Morgan fingerprint density at radius 3 is 3.12 bits per heavy atom. The number of likely N-dealkylation sites (tertiary alicyclic amines) is 1. The molecule has 1 aromatic rings. The summed E-state index contributed by atoms with van der Waals surface area (Å²) in [5.41, 5.74) is 0. The fraction of sp³-hybridized carbons (Fsp3) is 0.636. The highest BCUT2D eigenvalue weighted by molar-refractivity contribution is 5.53. The van der Waals surface area contributed by atoms with Crippen LogP contribution in [0.25, 0.3) is 0 Å². The topological polar surface area (TPSA) is 38.1 Å². The van der Waals surface area contributed by atoms with Crippen LogP contribution in [0.1, 0.15) is 25.2 Å². The number of nitrogens with zero attached hydrogens (tertiary/aromatic N) is 3. The Kier molecular flexibility index (Phi) is 3.83. The van der Waals surface area contributed by atoms with Crippen molar-refractivity contribution < 1.29 is 13.6 Å². The summed E-state index contributed by atoms with van der Waals surface area (Å²) < 4.78 is 26.1. The third-order valence-electron chi connectivity index (χ3n) is 3.06. The molecule has 0 saturated carbocycles. The molecule has 0 bridgehead atoms. The van der Waals surface area contributed by atoms with Gasteiger partial charge < -0.3 is 4.79 Å². The maximum atomic E-state index is 12.6. The van der Waals surface area contributed by atoms with Gasteiger partial charge in [0.2, 0.25) is 0 Å². The smallest absolute Gasteiger partial charge is 0.303 e. The number of hydrogen-bond acceptors (Lipinski definition) is 3. The molecule has 1 aromatic heterocycles. The van der Waals surface area contributed by atoms with Crippen LogP contribution in [0.4, 0.5) is 8.78 Å². The van der Waals surface area contributed by atoms with E-state index in [1.165, 1.54) is 12.4 Å². The van der Waals surface area contributed by atoms with E-state index in [1.54, 1.807) is 0 Å². The predicted octanol–water partition coefficient (Wildman–Crippen LogP) is 1.69. The number of alkyl halides is 2. The summed E-state index contributed by atoms with van der Waals surface area (Å²) in [4.78, 5) is 16.7. The first-order chi connectivity index (χ1) is 8.20. The monoisotopic (exact) mass is 243 g/mol. The molecule has 0 spiro atoms. The van der Waals surface area contributed by atoms with Gasteiger partial charge in [0.15, 0.2) is 0 Å². The highest BCUT2D eigenvalue weighted by Gasteiger charge is 2.21. The van der Waals surface area contributed by atoms with Crippen LogP contribution >= 0.6 is 0 Å². The van der Waals surface area contributed by atoms with Gasteiger partial charge in [-0.05, 0) is 19.4 Å². The zero-order valence-corrected chi connectivity index (χ0v) is 9.43. The van der Waals surface area contributed by atoms with E-state index < -0.39 is 6.55 Å². The fourth-order valence-corrected chi connectivity index (χ4v) is 2.19. The van der Waals surface area contributed by atoms with E-state index in [-0.39, 0.29) is 5.92 Å². The van der Waals surface area contributed by atoms with Crippen LogP contribution in [0.5, 0.6) is 0 Å². The van der Waals surface area contributed by atoms with Crippen molar-refractivity contribution in [2.75, 3.05) is 13.1 Å². The number of rotatable bonds is 4. The molecule has 6 heteroatoms. The first-order valence-electron chi connectivity index (χ1n) is 5.68. The molecule has 1 fully saturated rings. The molecule has 1 aliphatic heterocycles. The Bertz CT molecular complexity index is 381. The van der Waals surface area contributed by atoms with Gasteiger partial charge in [0, 0.05) is 24.9 Å². The van der Waals surface area contributed by atoms with Crippen LogP contribution in [0.3, 0.4) is 0 Å². The van der Waals surface area contributed by atoms with E-state index in [0.29, 0.717) is 18.9 Å².